The van der Waals surface area contributed by atoms with Crippen molar-refractivity contribution in [3.05, 3.63) is 41.5 Å². The molecule has 2 saturated carbocycles. The van der Waals surface area contributed by atoms with E-state index in [0.717, 1.165) is 76.2 Å². The predicted molar refractivity (Wildman–Crippen MR) is 157 cm³/mol. The molecule has 2 N–H and O–H groups in total. The molecule has 42 heavy (non-hydrogen) atoms. The average molecular weight is 619 g/mol. The number of phenols is 1. The van der Waals surface area contributed by atoms with Crippen LogP contribution in [0, 0.1) is 23.2 Å². The Hall–Kier alpha value is -1.32. The normalized spacial score (nSPS) is 30.1. The van der Waals surface area contributed by atoms with E-state index in [1.165, 1.54) is 11.1 Å². The lowest BCUT2D eigenvalue weighted by molar-refractivity contribution is -0.284. The molecule has 4 rings (SSSR count). The van der Waals surface area contributed by atoms with E-state index in [2.05, 4.69) is 19.6 Å². The maximum absolute atomic E-state index is 13.0. The SMILES string of the molecule is C=C1[C@H](O)CC2C3C(CC[C@]12C)c1ccc(O)cc1C[C@H]3CCCCCCCCC[S+]([O-])CCCC(F)(F)C(F)(F)F. The van der Waals surface area contributed by atoms with E-state index in [9.17, 15) is 36.7 Å². The van der Waals surface area contributed by atoms with Crippen molar-refractivity contribution in [3.8, 4) is 5.75 Å². The van der Waals surface area contributed by atoms with Crippen LogP contribution in [0.2, 0.25) is 0 Å². The van der Waals surface area contributed by atoms with Crippen molar-refractivity contribution in [1.29, 1.82) is 0 Å². The number of phenolic OH excluding ortho intramolecular Hbond substituents is 1. The summed E-state index contributed by atoms with van der Waals surface area (Å²) in [6.45, 7) is 6.61. The number of benzene rings is 1. The van der Waals surface area contributed by atoms with Crippen LogP contribution >= 0.6 is 0 Å². The summed E-state index contributed by atoms with van der Waals surface area (Å²) in [7, 11) is 0. The van der Waals surface area contributed by atoms with Crippen molar-refractivity contribution in [3.63, 3.8) is 0 Å². The van der Waals surface area contributed by atoms with Gasteiger partial charge in [0.2, 0.25) is 0 Å². The molecule has 0 amide bonds. The molecule has 1 aromatic carbocycles. The van der Waals surface area contributed by atoms with Gasteiger partial charge in [-0.05, 0) is 109 Å². The topological polar surface area (TPSA) is 63.5 Å². The van der Waals surface area contributed by atoms with Crippen molar-refractivity contribution in [2.24, 2.45) is 23.2 Å². The number of hydrogen-bond acceptors (Lipinski definition) is 3. The second-order valence-electron chi connectivity index (χ2n) is 13.3. The summed E-state index contributed by atoms with van der Waals surface area (Å²) in [6, 6.07) is 5.87. The van der Waals surface area contributed by atoms with Crippen molar-refractivity contribution in [2.75, 3.05) is 11.5 Å². The Morgan fingerprint density at radius 3 is 2.33 bits per heavy atom. The van der Waals surface area contributed by atoms with Crippen LogP contribution in [0.5, 0.6) is 5.75 Å². The van der Waals surface area contributed by atoms with Gasteiger partial charge >= 0.3 is 12.1 Å². The van der Waals surface area contributed by atoms with Crippen LogP contribution in [0.3, 0.4) is 0 Å². The third-order valence-electron chi connectivity index (χ3n) is 10.6. The fourth-order valence-corrected chi connectivity index (χ4v) is 9.43. The number of rotatable bonds is 14. The Morgan fingerprint density at radius 1 is 1.00 bits per heavy atom. The summed E-state index contributed by atoms with van der Waals surface area (Å²) in [5.74, 6) is -2.25. The van der Waals surface area contributed by atoms with Gasteiger partial charge in [-0.3, -0.25) is 0 Å². The Labute approximate surface area is 250 Å². The number of unbranched alkanes of at least 4 members (excludes halogenated alkanes) is 6. The maximum atomic E-state index is 13.0. The van der Waals surface area contributed by atoms with E-state index in [0.29, 0.717) is 41.6 Å². The van der Waals surface area contributed by atoms with Crippen molar-refractivity contribution in [2.45, 2.75) is 121 Å². The first-order valence-corrected chi connectivity index (χ1v) is 17.2. The fraction of sp³-hybridized carbons (Fsp3) is 0.758. The highest BCUT2D eigenvalue weighted by Crippen LogP contribution is 2.64. The highest BCUT2D eigenvalue weighted by atomic mass is 32.2. The van der Waals surface area contributed by atoms with E-state index in [1.54, 1.807) is 0 Å². The molecule has 1 aromatic rings. The number of aromatic hydroxyl groups is 1. The summed E-state index contributed by atoms with van der Waals surface area (Å²) < 4.78 is 74.6. The highest BCUT2D eigenvalue weighted by Gasteiger charge is 2.57. The standard InChI is InChI=1S/C33H47F5O3S/c1-22-29(40)21-28-30-23(19-24-20-25(39)12-13-26(24)27(30)14-16-31(22,28)2)11-8-6-4-3-5-7-9-17-42(41)18-10-15-32(34,35)33(36,37)38/h12-13,20,23,27-30,39-40H,1,3-11,14-19,21H2,2H3/t23-,27?,28?,29-,30?,31-,42?/m1/s1. The third-order valence-corrected chi connectivity index (χ3v) is 12.1. The van der Waals surface area contributed by atoms with Crippen LogP contribution in [0.15, 0.2) is 30.4 Å². The van der Waals surface area contributed by atoms with Crippen LogP contribution in [0.25, 0.3) is 0 Å². The Kier molecular flexibility index (Phi) is 11.0. The molecule has 3 aliphatic carbocycles. The van der Waals surface area contributed by atoms with Crippen molar-refractivity contribution >= 4 is 11.2 Å². The van der Waals surface area contributed by atoms with Crippen molar-refractivity contribution < 1.29 is 36.7 Å². The summed E-state index contributed by atoms with van der Waals surface area (Å²) in [5, 5.41) is 20.9. The molecule has 0 aliphatic heterocycles. The molecule has 7 atom stereocenters. The highest BCUT2D eigenvalue weighted by molar-refractivity contribution is 7.91. The molecule has 0 heterocycles. The smallest absolute Gasteiger partial charge is 0.453 e. The number of aliphatic hydroxyl groups excluding tert-OH is 1. The molecule has 3 nitrogen and oxygen atoms in total. The minimum absolute atomic E-state index is 0.00886. The molecule has 4 unspecified atom stereocenters. The van der Waals surface area contributed by atoms with Gasteiger partial charge in [0, 0.05) is 6.42 Å². The Balaban J connectivity index is 1.17. The number of fused-ring (bicyclic) bond motifs is 5. The molecule has 2 fully saturated rings. The lowest BCUT2D eigenvalue weighted by Gasteiger charge is -2.52. The zero-order chi connectivity index (χ0) is 30.7. The third kappa shape index (κ3) is 7.48. The number of alkyl halides is 5. The molecule has 0 aromatic heterocycles. The van der Waals surface area contributed by atoms with E-state index in [4.69, 9.17) is 0 Å². The first-order valence-electron chi connectivity index (χ1n) is 15.7. The maximum Gasteiger partial charge on any atom is 0.453 e. The largest absolute Gasteiger partial charge is 0.616 e. The van der Waals surface area contributed by atoms with Gasteiger partial charge in [0.1, 0.15) is 17.3 Å². The van der Waals surface area contributed by atoms with Crippen LogP contribution in [-0.2, 0) is 17.6 Å². The van der Waals surface area contributed by atoms with Crippen LogP contribution in [0.1, 0.15) is 107 Å². The van der Waals surface area contributed by atoms with Gasteiger partial charge in [-0.1, -0.05) is 62.8 Å². The summed E-state index contributed by atoms with van der Waals surface area (Å²) in [4.78, 5) is 0. The minimum Gasteiger partial charge on any atom is -0.616 e. The monoisotopic (exact) mass is 618 g/mol. The van der Waals surface area contributed by atoms with Crippen molar-refractivity contribution in [1.82, 2.24) is 0 Å². The molecule has 0 saturated heterocycles. The van der Waals surface area contributed by atoms with Crippen LogP contribution in [-0.4, -0.2) is 44.5 Å². The second-order valence-corrected chi connectivity index (χ2v) is 15.0. The van der Waals surface area contributed by atoms with E-state index < -0.39 is 42.2 Å². The number of halogens is 5. The Morgan fingerprint density at radius 2 is 1.64 bits per heavy atom. The second kappa shape index (κ2) is 13.8. The zero-order valence-electron chi connectivity index (χ0n) is 24.7. The van der Waals surface area contributed by atoms with Gasteiger partial charge in [0.15, 0.2) is 0 Å². The van der Waals surface area contributed by atoms with Gasteiger partial charge < -0.3 is 14.8 Å². The molecule has 3 aliphatic rings. The fourth-order valence-electron chi connectivity index (χ4n) is 8.23. The lowest BCUT2D eigenvalue weighted by Crippen LogP contribution is -2.44. The van der Waals surface area contributed by atoms with Gasteiger partial charge in [-0.15, -0.1) is 0 Å². The molecular formula is C33H47F5O3S. The molecule has 0 bridgehead atoms. The molecule has 0 radical (unpaired) electrons. The first kappa shape index (κ1) is 33.6. The quantitative estimate of drug-likeness (QED) is 0.0948. The lowest BCUT2D eigenvalue weighted by atomic mass is 9.52. The van der Waals surface area contributed by atoms with E-state index in [-0.39, 0.29) is 11.2 Å². The first-order chi connectivity index (χ1) is 19.7. The number of aliphatic hydroxyl groups is 1. The molecule has 9 heteroatoms. The van der Waals surface area contributed by atoms with Crippen LogP contribution in [0.4, 0.5) is 22.0 Å². The Bertz CT molecular complexity index is 1060. The summed E-state index contributed by atoms with van der Waals surface area (Å²) >= 11 is -1.36. The van der Waals surface area contributed by atoms with Gasteiger partial charge in [-0.25, -0.2) is 0 Å². The molecule has 238 valence electrons. The summed E-state index contributed by atoms with van der Waals surface area (Å²) in [5.41, 5.74) is 3.65. The van der Waals surface area contributed by atoms with Gasteiger partial charge in [0.05, 0.1) is 6.10 Å². The average Bonchev–Trinajstić information content (AvgIpc) is 3.14. The van der Waals surface area contributed by atoms with Crippen LogP contribution < -0.4 is 0 Å². The van der Waals surface area contributed by atoms with Gasteiger partial charge in [0.25, 0.3) is 0 Å². The minimum atomic E-state index is -5.55. The number of hydrogen-bond donors (Lipinski definition) is 2. The van der Waals surface area contributed by atoms with E-state index >= 15 is 0 Å². The van der Waals surface area contributed by atoms with E-state index in [1.807, 2.05) is 12.1 Å². The molecule has 0 spiro atoms. The zero-order valence-corrected chi connectivity index (χ0v) is 25.6. The van der Waals surface area contributed by atoms with Gasteiger partial charge in [-0.2, -0.15) is 22.0 Å². The predicted octanol–water partition coefficient (Wildman–Crippen LogP) is 8.85. The summed E-state index contributed by atoms with van der Waals surface area (Å²) in [6.07, 6.45) is 4.31. The molecular weight excluding hydrogens is 571 g/mol.